The maximum absolute atomic E-state index is 11.6. The van der Waals surface area contributed by atoms with Gasteiger partial charge in [-0.25, -0.2) is 0 Å². The average Bonchev–Trinajstić information content (AvgIpc) is 2.83. The van der Waals surface area contributed by atoms with Crippen molar-refractivity contribution in [3.8, 4) is 0 Å². The number of carbonyl (C=O) groups excluding carboxylic acids is 1. The van der Waals surface area contributed by atoms with Crippen molar-refractivity contribution in [2.45, 2.75) is 37.5 Å². The topological polar surface area (TPSA) is 69.6 Å². The van der Waals surface area contributed by atoms with Gasteiger partial charge in [-0.3, -0.25) is 4.79 Å². The number of hydrogen-bond acceptors (Lipinski definition) is 4. The number of nitrogens with one attached hydrogen (secondary N) is 1. The number of rotatable bonds is 3. The van der Waals surface area contributed by atoms with E-state index in [9.17, 15) is 15.0 Å². The first-order chi connectivity index (χ1) is 7.66. The molecule has 16 heavy (non-hydrogen) atoms. The van der Waals surface area contributed by atoms with Crippen LogP contribution in [0.25, 0.3) is 0 Å². The van der Waals surface area contributed by atoms with E-state index in [0.717, 1.165) is 5.56 Å². The summed E-state index contributed by atoms with van der Waals surface area (Å²) in [7, 11) is 0. The molecule has 0 aromatic carbocycles. The summed E-state index contributed by atoms with van der Waals surface area (Å²) in [5.74, 6) is -0.100. The van der Waals surface area contributed by atoms with E-state index in [1.54, 1.807) is 11.3 Å². The standard InChI is InChI=1S/C11H15NO3S/c13-9-2-1-8(11(9)15)12-10(14)5-7-3-4-16-6-7/h3-4,6,8-9,11,13,15H,1-2,5H2,(H,12,14)/t8-,9-,11-/m1/s1. The Hall–Kier alpha value is -0.910. The average molecular weight is 241 g/mol. The molecule has 1 aromatic rings. The summed E-state index contributed by atoms with van der Waals surface area (Å²) >= 11 is 1.56. The molecule has 88 valence electrons. The molecule has 1 heterocycles. The Morgan fingerprint density at radius 2 is 2.31 bits per heavy atom. The van der Waals surface area contributed by atoms with Crippen LogP contribution in [0.3, 0.4) is 0 Å². The summed E-state index contributed by atoms with van der Waals surface area (Å²) in [5.41, 5.74) is 0.982. The van der Waals surface area contributed by atoms with Crippen molar-refractivity contribution in [2.24, 2.45) is 0 Å². The minimum atomic E-state index is -0.827. The van der Waals surface area contributed by atoms with Gasteiger partial charge in [0.2, 0.25) is 5.91 Å². The summed E-state index contributed by atoms with van der Waals surface area (Å²) in [5, 5.41) is 25.5. The van der Waals surface area contributed by atoms with Crippen LogP contribution >= 0.6 is 11.3 Å². The lowest BCUT2D eigenvalue weighted by Gasteiger charge is -2.17. The molecule has 5 heteroatoms. The summed E-state index contributed by atoms with van der Waals surface area (Å²) < 4.78 is 0. The lowest BCUT2D eigenvalue weighted by atomic mass is 10.1. The van der Waals surface area contributed by atoms with E-state index < -0.39 is 12.2 Å². The number of hydrogen-bond donors (Lipinski definition) is 3. The molecule has 4 nitrogen and oxygen atoms in total. The van der Waals surface area contributed by atoms with Crippen LogP contribution in [0, 0.1) is 0 Å². The first-order valence-electron chi connectivity index (χ1n) is 5.33. The second-order valence-corrected chi connectivity index (χ2v) is 4.90. The zero-order chi connectivity index (χ0) is 11.5. The van der Waals surface area contributed by atoms with Crippen molar-refractivity contribution in [2.75, 3.05) is 0 Å². The SMILES string of the molecule is O=C(Cc1ccsc1)N[C@@H]1CC[C@@H](O)[C@@H]1O. The Morgan fingerprint density at radius 1 is 1.50 bits per heavy atom. The summed E-state index contributed by atoms with van der Waals surface area (Å²) in [6.45, 7) is 0. The second kappa shape index (κ2) is 4.95. The van der Waals surface area contributed by atoms with Crippen molar-refractivity contribution in [1.29, 1.82) is 0 Å². The van der Waals surface area contributed by atoms with Crippen LogP contribution in [-0.4, -0.2) is 34.4 Å². The number of amides is 1. The molecular weight excluding hydrogens is 226 g/mol. The van der Waals surface area contributed by atoms with Crippen LogP contribution in [-0.2, 0) is 11.2 Å². The van der Waals surface area contributed by atoms with Crippen molar-refractivity contribution >= 4 is 17.2 Å². The molecule has 3 atom stereocenters. The fraction of sp³-hybridized carbons (Fsp3) is 0.545. The van der Waals surface area contributed by atoms with Crippen molar-refractivity contribution in [1.82, 2.24) is 5.32 Å². The summed E-state index contributed by atoms with van der Waals surface area (Å²) in [6.07, 6.45) is -0.0108. The highest BCUT2D eigenvalue weighted by Gasteiger charge is 2.34. The molecule has 1 amide bonds. The fourth-order valence-corrected chi connectivity index (χ4v) is 2.62. The molecule has 0 saturated heterocycles. The van der Waals surface area contributed by atoms with Crippen LogP contribution in [0.5, 0.6) is 0 Å². The van der Waals surface area contributed by atoms with E-state index in [2.05, 4.69) is 5.32 Å². The molecule has 1 aliphatic carbocycles. The number of carbonyl (C=O) groups is 1. The highest BCUT2D eigenvalue weighted by atomic mass is 32.1. The fourth-order valence-electron chi connectivity index (χ4n) is 1.95. The van der Waals surface area contributed by atoms with Gasteiger partial charge in [0.05, 0.1) is 24.7 Å². The van der Waals surface area contributed by atoms with Crippen molar-refractivity contribution in [3.05, 3.63) is 22.4 Å². The summed E-state index contributed by atoms with van der Waals surface area (Å²) in [6, 6.07) is 1.60. The van der Waals surface area contributed by atoms with Gasteiger partial charge in [-0.2, -0.15) is 11.3 Å². The molecule has 1 aliphatic rings. The van der Waals surface area contributed by atoms with Crippen molar-refractivity contribution in [3.63, 3.8) is 0 Å². The molecule has 0 aliphatic heterocycles. The van der Waals surface area contributed by atoms with E-state index in [-0.39, 0.29) is 11.9 Å². The third kappa shape index (κ3) is 2.61. The molecule has 0 radical (unpaired) electrons. The third-order valence-corrected chi connectivity index (χ3v) is 3.60. The number of aliphatic hydroxyl groups excluding tert-OH is 2. The van der Waals surface area contributed by atoms with Crippen molar-refractivity contribution < 1.29 is 15.0 Å². The van der Waals surface area contributed by atoms with Gasteiger partial charge in [-0.15, -0.1) is 0 Å². The van der Waals surface area contributed by atoms with Gasteiger partial charge in [0.15, 0.2) is 0 Å². The van der Waals surface area contributed by atoms with E-state index in [1.165, 1.54) is 0 Å². The molecule has 1 saturated carbocycles. The summed E-state index contributed by atoms with van der Waals surface area (Å²) in [4.78, 5) is 11.6. The highest BCUT2D eigenvalue weighted by molar-refractivity contribution is 7.07. The molecule has 1 fully saturated rings. The van der Waals surface area contributed by atoms with Gasteiger partial charge in [0, 0.05) is 0 Å². The van der Waals surface area contributed by atoms with Gasteiger partial charge in [0.1, 0.15) is 0 Å². The molecule has 1 aromatic heterocycles. The Morgan fingerprint density at radius 3 is 2.88 bits per heavy atom. The first kappa shape index (κ1) is 11.6. The molecule has 0 bridgehead atoms. The predicted molar refractivity (Wildman–Crippen MR) is 61.2 cm³/mol. The monoisotopic (exact) mass is 241 g/mol. The quantitative estimate of drug-likeness (QED) is 0.712. The van der Waals surface area contributed by atoms with Gasteiger partial charge >= 0.3 is 0 Å². The first-order valence-corrected chi connectivity index (χ1v) is 6.27. The zero-order valence-electron chi connectivity index (χ0n) is 8.80. The minimum Gasteiger partial charge on any atom is -0.390 e. The number of thiophene rings is 1. The Kier molecular flexibility index (Phi) is 3.58. The third-order valence-electron chi connectivity index (χ3n) is 2.87. The van der Waals surface area contributed by atoms with E-state index >= 15 is 0 Å². The van der Waals surface area contributed by atoms with E-state index in [1.807, 2.05) is 16.8 Å². The maximum Gasteiger partial charge on any atom is 0.224 e. The van der Waals surface area contributed by atoms with Gasteiger partial charge < -0.3 is 15.5 Å². The Bertz CT molecular complexity index is 352. The van der Waals surface area contributed by atoms with Crippen LogP contribution in [0.2, 0.25) is 0 Å². The van der Waals surface area contributed by atoms with Gasteiger partial charge in [-0.05, 0) is 35.2 Å². The highest BCUT2D eigenvalue weighted by Crippen LogP contribution is 2.19. The van der Waals surface area contributed by atoms with Gasteiger partial charge in [0.25, 0.3) is 0 Å². The smallest absolute Gasteiger partial charge is 0.224 e. The van der Waals surface area contributed by atoms with Crippen LogP contribution in [0.15, 0.2) is 16.8 Å². The molecule has 2 rings (SSSR count). The van der Waals surface area contributed by atoms with Gasteiger partial charge in [-0.1, -0.05) is 0 Å². The van der Waals surface area contributed by atoms with E-state index in [4.69, 9.17) is 0 Å². The molecule has 0 unspecified atom stereocenters. The minimum absolute atomic E-state index is 0.100. The van der Waals surface area contributed by atoms with Crippen LogP contribution in [0.4, 0.5) is 0 Å². The Balaban J connectivity index is 1.84. The largest absolute Gasteiger partial charge is 0.390 e. The zero-order valence-corrected chi connectivity index (χ0v) is 9.61. The lowest BCUT2D eigenvalue weighted by Crippen LogP contribution is -2.43. The predicted octanol–water partition coefficient (Wildman–Crippen LogP) is 0.291. The lowest BCUT2D eigenvalue weighted by molar-refractivity contribution is -0.122. The molecule has 0 spiro atoms. The Labute approximate surface area is 97.9 Å². The second-order valence-electron chi connectivity index (χ2n) is 4.12. The molecule has 3 N–H and O–H groups in total. The van der Waals surface area contributed by atoms with Crippen LogP contribution < -0.4 is 5.32 Å². The normalized spacial score (nSPS) is 29.2. The van der Waals surface area contributed by atoms with Crippen LogP contribution in [0.1, 0.15) is 18.4 Å². The molecular formula is C11H15NO3S. The maximum atomic E-state index is 11.6. The number of aliphatic hydroxyl groups is 2. The van der Waals surface area contributed by atoms with E-state index in [0.29, 0.717) is 19.3 Å².